The smallest absolute Gasteiger partial charge is 0.317 e. The van der Waals surface area contributed by atoms with Gasteiger partial charge in [-0.2, -0.15) is 0 Å². The second-order valence-electron chi connectivity index (χ2n) is 6.38. The fourth-order valence-corrected chi connectivity index (χ4v) is 3.00. The summed E-state index contributed by atoms with van der Waals surface area (Å²) in [6.07, 6.45) is 3.12. The molecule has 1 aliphatic heterocycles. The Hall–Kier alpha value is -1.59. The molecule has 0 bridgehead atoms. The third kappa shape index (κ3) is 6.20. The lowest BCUT2D eigenvalue weighted by atomic mass is 9.99. The largest absolute Gasteiger partial charge is 0.396 e. The number of aliphatic hydroxyl groups excluding tert-OH is 1. The molecule has 1 fully saturated rings. The maximum atomic E-state index is 12.1. The molecule has 1 aromatic rings. The lowest BCUT2D eigenvalue weighted by molar-refractivity contribution is 0.121. The van der Waals surface area contributed by atoms with Crippen molar-refractivity contribution >= 4 is 6.03 Å². The fraction of sp³-hybridized carbons (Fsp3) is 0.611. The minimum absolute atomic E-state index is 0.0170. The lowest BCUT2D eigenvalue weighted by Crippen LogP contribution is -2.44. The first-order valence-electron chi connectivity index (χ1n) is 8.55. The summed E-state index contributed by atoms with van der Waals surface area (Å²) in [7, 11) is 1.83. The summed E-state index contributed by atoms with van der Waals surface area (Å²) in [4.78, 5) is 16.1. The summed E-state index contributed by atoms with van der Waals surface area (Å²) in [6, 6.07) is 10.2. The molecule has 2 amide bonds. The van der Waals surface area contributed by atoms with Gasteiger partial charge >= 0.3 is 6.03 Å². The number of likely N-dealkylation sites (tertiary alicyclic amines) is 1. The number of rotatable bonds is 7. The van der Waals surface area contributed by atoms with Gasteiger partial charge in [0.15, 0.2) is 0 Å². The Labute approximate surface area is 139 Å². The van der Waals surface area contributed by atoms with Gasteiger partial charge in [0.05, 0.1) is 0 Å². The summed E-state index contributed by atoms with van der Waals surface area (Å²) < 4.78 is 0. The summed E-state index contributed by atoms with van der Waals surface area (Å²) in [5, 5.41) is 12.2. The molecule has 2 N–H and O–H groups in total. The highest BCUT2D eigenvalue weighted by molar-refractivity contribution is 5.73. The Bertz CT molecular complexity index is 467. The van der Waals surface area contributed by atoms with Gasteiger partial charge in [0, 0.05) is 39.8 Å². The Morgan fingerprint density at radius 2 is 2.17 bits per heavy atom. The van der Waals surface area contributed by atoms with Crippen LogP contribution in [0.5, 0.6) is 0 Å². The number of urea groups is 1. The van der Waals surface area contributed by atoms with Crippen molar-refractivity contribution in [3.05, 3.63) is 35.9 Å². The molecule has 1 aromatic carbocycles. The van der Waals surface area contributed by atoms with Gasteiger partial charge in [-0.15, -0.1) is 0 Å². The van der Waals surface area contributed by atoms with Crippen LogP contribution in [0.25, 0.3) is 0 Å². The van der Waals surface area contributed by atoms with Crippen LogP contribution in [-0.4, -0.2) is 67.3 Å². The Morgan fingerprint density at radius 3 is 2.91 bits per heavy atom. The summed E-state index contributed by atoms with van der Waals surface area (Å²) in [6.45, 7) is 4.51. The number of carbonyl (C=O) groups excluding carboxylic acids is 1. The van der Waals surface area contributed by atoms with Gasteiger partial charge in [0.2, 0.25) is 0 Å². The van der Waals surface area contributed by atoms with E-state index < -0.39 is 0 Å². The third-order valence-electron chi connectivity index (χ3n) is 4.49. The molecule has 1 atom stereocenters. The Kier molecular flexibility index (Phi) is 7.36. The molecular formula is C18H29N3O2. The van der Waals surface area contributed by atoms with E-state index in [0.717, 1.165) is 38.9 Å². The van der Waals surface area contributed by atoms with Gasteiger partial charge in [-0.05, 0) is 37.3 Å². The van der Waals surface area contributed by atoms with Crippen molar-refractivity contribution in [3.63, 3.8) is 0 Å². The van der Waals surface area contributed by atoms with Crippen molar-refractivity contribution < 1.29 is 9.90 Å². The van der Waals surface area contributed by atoms with Crippen LogP contribution in [0.2, 0.25) is 0 Å². The van der Waals surface area contributed by atoms with Crippen molar-refractivity contribution in [2.75, 3.05) is 46.4 Å². The number of nitrogens with one attached hydrogen (secondary N) is 1. The molecule has 1 saturated heterocycles. The second-order valence-corrected chi connectivity index (χ2v) is 6.38. The molecule has 0 radical (unpaired) electrons. The summed E-state index contributed by atoms with van der Waals surface area (Å²) in [5.74, 6) is 0.396. The first-order valence-corrected chi connectivity index (χ1v) is 8.55. The van der Waals surface area contributed by atoms with E-state index in [2.05, 4.69) is 22.3 Å². The maximum absolute atomic E-state index is 12.1. The van der Waals surface area contributed by atoms with Gasteiger partial charge in [0.1, 0.15) is 0 Å². The summed E-state index contributed by atoms with van der Waals surface area (Å²) in [5.41, 5.74) is 1.25. The number of amides is 2. The molecule has 0 aliphatic carbocycles. The minimum atomic E-state index is -0.0170. The van der Waals surface area contributed by atoms with E-state index in [0.29, 0.717) is 19.0 Å². The highest BCUT2D eigenvalue weighted by Crippen LogP contribution is 2.14. The average Bonchev–Trinajstić information content (AvgIpc) is 2.60. The highest BCUT2D eigenvalue weighted by Gasteiger charge is 2.18. The fourth-order valence-electron chi connectivity index (χ4n) is 3.00. The second kappa shape index (κ2) is 9.53. The summed E-state index contributed by atoms with van der Waals surface area (Å²) >= 11 is 0. The SMILES string of the molecule is CN(CCc1ccccc1)C(=O)NCCN1CCC[C@@H](CO)C1. The van der Waals surface area contributed by atoms with Crippen LogP contribution in [0.3, 0.4) is 0 Å². The molecule has 23 heavy (non-hydrogen) atoms. The molecular weight excluding hydrogens is 290 g/mol. The van der Waals surface area contributed by atoms with Crippen LogP contribution in [-0.2, 0) is 6.42 Å². The Morgan fingerprint density at radius 1 is 1.39 bits per heavy atom. The topological polar surface area (TPSA) is 55.8 Å². The van der Waals surface area contributed by atoms with Crippen LogP contribution in [0.15, 0.2) is 30.3 Å². The zero-order chi connectivity index (χ0) is 16.5. The number of benzene rings is 1. The predicted octanol–water partition coefficient (Wildman–Crippen LogP) is 1.57. The molecule has 0 unspecified atom stereocenters. The van der Waals surface area contributed by atoms with Crippen molar-refractivity contribution in [2.24, 2.45) is 5.92 Å². The number of aliphatic hydroxyl groups is 1. The zero-order valence-electron chi connectivity index (χ0n) is 14.1. The van der Waals surface area contributed by atoms with Crippen LogP contribution in [0.4, 0.5) is 4.79 Å². The van der Waals surface area contributed by atoms with Gasteiger partial charge in [-0.25, -0.2) is 4.79 Å². The molecule has 128 valence electrons. The molecule has 0 aromatic heterocycles. The quantitative estimate of drug-likeness (QED) is 0.802. The van der Waals surface area contributed by atoms with Crippen LogP contribution in [0.1, 0.15) is 18.4 Å². The van der Waals surface area contributed by atoms with Crippen molar-refractivity contribution in [1.29, 1.82) is 0 Å². The number of nitrogens with zero attached hydrogens (tertiary/aromatic N) is 2. The van der Waals surface area contributed by atoms with E-state index in [-0.39, 0.29) is 12.6 Å². The predicted molar refractivity (Wildman–Crippen MR) is 92.4 cm³/mol. The third-order valence-corrected chi connectivity index (χ3v) is 4.49. The van der Waals surface area contributed by atoms with E-state index >= 15 is 0 Å². The number of carbonyl (C=O) groups is 1. The van der Waals surface area contributed by atoms with Gasteiger partial charge in [-0.1, -0.05) is 30.3 Å². The first kappa shape index (κ1) is 17.8. The van der Waals surface area contributed by atoms with Gasteiger partial charge in [-0.3, -0.25) is 0 Å². The van der Waals surface area contributed by atoms with Crippen molar-refractivity contribution in [1.82, 2.24) is 15.1 Å². The van der Waals surface area contributed by atoms with E-state index in [1.807, 2.05) is 25.2 Å². The van der Waals surface area contributed by atoms with Crippen molar-refractivity contribution in [3.8, 4) is 0 Å². The van der Waals surface area contributed by atoms with Gasteiger partial charge < -0.3 is 20.2 Å². The van der Waals surface area contributed by atoms with E-state index in [1.165, 1.54) is 5.56 Å². The first-order chi connectivity index (χ1) is 11.2. The highest BCUT2D eigenvalue weighted by atomic mass is 16.3. The lowest BCUT2D eigenvalue weighted by Gasteiger charge is -2.31. The van der Waals surface area contributed by atoms with Crippen LogP contribution in [0, 0.1) is 5.92 Å². The Balaban J connectivity index is 1.62. The van der Waals surface area contributed by atoms with Gasteiger partial charge in [0.25, 0.3) is 0 Å². The maximum Gasteiger partial charge on any atom is 0.317 e. The number of piperidine rings is 1. The molecule has 2 rings (SSSR count). The standard InChI is InChI=1S/C18H29N3O2/c1-20(12-9-16-6-3-2-4-7-16)18(23)19-10-13-21-11-5-8-17(14-21)15-22/h2-4,6-7,17,22H,5,8-15H2,1H3,(H,19,23)/t17-/m1/s1. The van der Waals surface area contributed by atoms with E-state index in [4.69, 9.17) is 0 Å². The molecule has 5 nitrogen and oxygen atoms in total. The molecule has 0 saturated carbocycles. The zero-order valence-corrected chi connectivity index (χ0v) is 14.1. The van der Waals surface area contributed by atoms with Crippen molar-refractivity contribution in [2.45, 2.75) is 19.3 Å². The van der Waals surface area contributed by atoms with Crippen LogP contribution < -0.4 is 5.32 Å². The average molecular weight is 319 g/mol. The normalized spacial score (nSPS) is 18.6. The number of hydrogen-bond acceptors (Lipinski definition) is 3. The number of likely N-dealkylation sites (N-methyl/N-ethyl adjacent to an activating group) is 1. The molecule has 1 aliphatic rings. The molecule has 0 spiro atoms. The molecule has 1 heterocycles. The van der Waals surface area contributed by atoms with E-state index in [9.17, 15) is 9.90 Å². The number of hydrogen-bond donors (Lipinski definition) is 2. The van der Waals surface area contributed by atoms with Crippen LogP contribution >= 0.6 is 0 Å². The van der Waals surface area contributed by atoms with E-state index in [1.54, 1.807) is 4.90 Å². The monoisotopic (exact) mass is 319 g/mol. The molecule has 5 heteroatoms. The minimum Gasteiger partial charge on any atom is -0.396 e.